The second kappa shape index (κ2) is 7.49. The monoisotopic (exact) mass is 422 g/mol. The highest BCUT2D eigenvalue weighted by Gasteiger charge is 2.37. The maximum absolute atomic E-state index is 13.4. The molecule has 1 aliphatic carbocycles. The first-order valence-electron chi connectivity index (χ1n) is 10.6. The molecule has 0 N–H and O–H groups in total. The molecule has 0 bridgehead atoms. The Balaban J connectivity index is 1.47. The van der Waals surface area contributed by atoms with Crippen LogP contribution in [0.4, 0.5) is 0 Å². The molecule has 1 atom stereocenters. The summed E-state index contributed by atoms with van der Waals surface area (Å²) >= 11 is 0. The Morgan fingerprint density at radius 1 is 1.06 bits per heavy atom. The second-order valence-corrected chi connectivity index (χ2v) is 8.49. The average Bonchev–Trinajstić information content (AvgIpc) is 3.57. The predicted molar refractivity (Wildman–Crippen MR) is 116 cm³/mol. The van der Waals surface area contributed by atoms with Crippen molar-refractivity contribution in [2.24, 2.45) is 14.1 Å². The molecule has 2 fully saturated rings. The summed E-state index contributed by atoms with van der Waals surface area (Å²) in [5.41, 5.74) is 0.802. The van der Waals surface area contributed by atoms with Gasteiger partial charge in [-0.25, -0.2) is 9.78 Å². The van der Waals surface area contributed by atoms with Gasteiger partial charge in [-0.05, 0) is 18.4 Å². The van der Waals surface area contributed by atoms with E-state index in [0.29, 0.717) is 18.2 Å². The van der Waals surface area contributed by atoms with Gasteiger partial charge in [-0.1, -0.05) is 30.3 Å². The number of imidazole rings is 1. The van der Waals surface area contributed by atoms with E-state index in [1.54, 1.807) is 11.6 Å². The van der Waals surface area contributed by atoms with Crippen LogP contribution in [0.1, 0.15) is 24.4 Å². The van der Waals surface area contributed by atoms with E-state index >= 15 is 0 Å². The zero-order valence-electron chi connectivity index (χ0n) is 17.8. The zero-order chi connectivity index (χ0) is 21.7. The normalized spacial score (nSPS) is 19.8. The number of carbonyl (C=O) groups excluding carboxylic acids is 1. The summed E-state index contributed by atoms with van der Waals surface area (Å²) in [4.78, 5) is 46.9. The molecule has 9 heteroatoms. The van der Waals surface area contributed by atoms with Crippen LogP contribution in [0.2, 0.25) is 0 Å². The summed E-state index contributed by atoms with van der Waals surface area (Å²) < 4.78 is 3.94. The number of hydrogen-bond donors (Lipinski definition) is 0. The molecule has 9 nitrogen and oxygen atoms in total. The smallest absolute Gasteiger partial charge is 0.332 e. The highest BCUT2D eigenvalue weighted by atomic mass is 16.2. The van der Waals surface area contributed by atoms with Gasteiger partial charge < -0.3 is 9.47 Å². The van der Waals surface area contributed by atoms with Crippen LogP contribution in [0.15, 0.2) is 46.2 Å². The van der Waals surface area contributed by atoms with Crippen LogP contribution in [0.5, 0.6) is 0 Å². The van der Waals surface area contributed by atoms with Crippen molar-refractivity contribution in [3.63, 3.8) is 0 Å². The van der Waals surface area contributed by atoms with Gasteiger partial charge in [-0.3, -0.25) is 23.6 Å². The van der Waals surface area contributed by atoms with E-state index < -0.39 is 11.2 Å². The lowest BCUT2D eigenvalue weighted by atomic mass is 10.0. The fourth-order valence-corrected chi connectivity index (χ4v) is 4.59. The van der Waals surface area contributed by atoms with Crippen molar-refractivity contribution in [1.82, 2.24) is 28.5 Å². The van der Waals surface area contributed by atoms with E-state index in [9.17, 15) is 14.4 Å². The van der Waals surface area contributed by atoms with Crippen molar-refractivity contribution in [3.8, 4) is 0 Å². The molecule has 3 heterocycles. The Bertz CT molecular complexity index is 1250. The first-order valence-corrected chi connectivity index (χ1v) is 10.6. The molecule has 1 amide bonds. The van der Waals surface area contributed by atoms with Gasteiger partial charge >= 0.3 is 5.69 Å². The van der Waals surface area contributed by atoms with E-state index in [-0.39, 0.29) is 24.0 Å². The van der Waals surface area contributed by atoms with Crippen LogP contribution in [0.25, 0.3) is 11.2 Å². The highest BCUT2D eigenvalue weighted by molar-refractivity contribution is 5.79. The van der Waals surface area contributed by atoms with Crippen LogP contribution >= 0.6 is 0 Å². The summed E-state index contributed by atoms with van der Waals surface area (Å²) in [5, 5.41) is 0. The third-order valence-corrected chi connectivity index (χ3v) is 6.50. The van der Waals surface area contributed by atoms with Gasteiger partial charge in [-0.15, -0.1) is 0 Å². The van der Waals surface area contributed by atoms with Gasteiger partial charge in [0.1, 0.15) is 6.54 Å². The SMILES string of the molecule is Cn1c(=O)c2c(ncn2CC(=O)N2CCN(C3CC3)CC2c2ccccc2)n(C)c1=O. The molecule has 162 valence electrons. The predicted octanol–water partition coefficient (Wildman–Crippen LogP) is 0.482. The van der Waals surface area contributed by atoms with Gasteiger partial charge in [0, 0.05) is 39.8 Å². The van der Waals surface area contributed by atoms with E-state index in [2.05, 4.69) is 22.0 Å². The lowest BCUT2D eigenvalue weighted by molar-refractivity contribution is -0.137. The molecule has 0 spiro atoms. The van der Waals surface area contributed by atoms with Crippen molar-refractivity contribution >= 4 is 17.1 Å². The molecule has 1 aromatic carbocycles. The quantitative estimate of drug-likeness (QED) is 0.611. The first kappa shape index (κ1) is 19.7. The number of rotatable bonds is 4. The second-order valence-electron chi connectivity index (χ2n) is 8.49. The number of hydrogen-bond acceptors (Lipinski definition) is 5. The summed E-state index contributed by atoms with van der Waals surface area (Å²) in [6.07, 6.45) is 3.94. The Labute approximate surface area is 179 Å². The highest BCUT2D eigenvalue weighted by Crippen LogP contribution is 2.33. The summed E-state index contributed by atoms with van der Waals surface area (Å²) in [6, 6.07) is 10.7. The van der Waals surface area contributed by atoms with Crippen LogP contribution in [0, 0.1) is 0 Å². The topological polar surface area (TPSA) is 85.4 Å². The summed E-state index contributed by atoms with van der Waals surface area (Å²) in [6.45, 7) is 2.34. The molecule has 3 aromatic rings. The Kier molecular flexibility index (Phi) is 4.77. The van der Waals surface area contributed by atoms with E-state index in [1.807, 2.05) is 23.1 Å². The maximum Gasteiger partial charge on any atom is 0.332 e. The van der Waals surface area contributed by atoms with Gasteiger partial charge in [0.25, 0.3) is 5.56 Å². The molecule has 31 heavy (non-hydrogen) atoms. The summed E-state index contributed by atoms with van der Waals surface area (Å²) in [7, 11) is 3.01. The Morgan fingerprint density at radius 2 is 1.81 bits per heavy atom. The minimum atomic E-state index is -0.443. The number of carbonyl (C=O) groups is 1. The fourth-order valence-electron chi connectivity index (χ4n) is 4.59. The van der Waals surface area contributed by atoms with Crippen molar-refractivity contribution in [3.05, 3.63) is 63.1 Å². The number of piperazine rings is 1. The third-order valence-electron chi connectivity index (χ3n) is 6.50. The summed E-state index contributed by atoms with van der Waals surface area (Å²) in [5.74, 6) is -0.0560. The van der Waals surface area contributed by atoms with Gasteiger partial charge in [-0.2, -0.15) is 0 Å². The van der Waals surface area contributed by atoms with Crippen molar-refractivity contribution in [1.29, 1.82) is 0 Å². The minimum absolute atomic E-state index is 0.0106. The molecule has 1 aliphatic heterocycles. The van der Waals surface area contributed by atoms with Crippen LogP contribution < -0.4 is 11.2 Å². The molecule has 2 aromatic heterocycles. The van der Waals surface area contributed by atoms with E-state index in [4.69, 9.17) is 0 Å². The molecule has 2 aliphatic rings. The molecule has 5 rings (SSSR count). The van der Waals surface area contributed by atoms with Crippen molar-refractivity contribution in [2.45, 2.75) is 31.5 Å². The van der Waals surface area contributed by atoms with Crippen LogP contribution in [0.3, 0.4) is 0 Å². The lowest BCUT2D eigenvalue weighted by Gasteiger charge is -2.42. The van der Waals surface area contributed by atoms with Crippen LogP contribution in [-0.4, -0.2) is 60.1 Å². The molecule has 1 unspecified atom stereocenters. The largest absolute Gasteiger partial charge is 0.332 e. The number of amides is 1. The number of fused-ring (bicyclic) bond motifs is 1. The molecule has 0 radical (unpaired) electrons. The van der Waals surface area contributed by atoms with Gasteiger partial charge in [0.2, 0.25) is 5.91 Å². The van der Waals surface area contributed by atoms with Crippen LogP contribution in [-0.2, 0) is 25.4 Å². The number of aryl methyl sites for hydroxylation is 1. The molecule has 1 saturated carbocycles. The number of benzene rings is 1. The Hall–Kier alpha value is -3.20. The third kappa shape index (κ3) is 3.38. The first-order chi connectivity index (χ1) is 15.0. The lowest BCUT2D eigenvalue weighted by Crippen LogP contribution is -2.52. The van der Waals surface area contributed by atoms with E-state index in [1.165, 1.54) is 30.8 Å². The number of aromatic nitrogens is 4. The Morgan fingerprint density at radius 3 is 2.52 bits per heavy atom. The molecular formula is C22H26N6O3. The molecular weight excluding hydrogens is 396 g/mol. The minimum Gasteiger partial charge on any atom is -0.332 e. The molecule has 1 saturated heterocycles. The van der Waals surface area contributed by atoms with Gasteiger partial charge in [0.05, 0.1) is 12.4 Å². The average molecular weight is 422 g/mol. The van der Waals surface area contributed by atoms with E-state index in [0.717, 1.165) is 23.2 Å². The van der Waals surface area contributed by atoms with Gasteiger partial charge in [0.15, 0.2) is 11.2 Å². The standard InChI is InChI=1S/C22H26N6O3/c1-24-20-19(21(30)25(2)22(24)31)27(14-23-20)13-18(29)28-11-10-26(16-8-9-16)12-17(28)15-6-4-3-5-7-15/h3-7,14,16-17H,8-13H2,1-2H3. The van der Waals surface area contributed by atoms with Crippen molar-refractivity contribution < 1.29 is 4.79 Å². The van der Waals surface area contributed by atoms with Crippen molar-refractivity contribution in [2.75, 3.05) is 19.6 Å². The zero-order valence-corrected chi connectivity index (χ0v) is 17.8. The fraction of sp³-hybridized carbons (Fsp3) is 0.455. The maximum atomic E-state index is 13.4. The number of nitrogens with zero attached hydrogens (tertiary/aromatic N) is 6.